The highest BCUT2D eigenvalue weighted by Gasteiger charge is 2.45. The van der Waals surface area contributed by atoms with Crippen molar-refractivity contribution in [2.45, 2.75) is 118 Å². The Morgan fingerprint density at radius 2 is 0.939 bits per heavy atom. The van der Waals surface area contributed by atoms with Gasteiger partial charge < -0.3 is 22.8 Å². The Kier molecular flexibility index (Phi) is 13.0. The van der Waals surface area contributed by atoms with Crippen LogP contribution >= 0.6 is 0 Å². The molecule has 33 heavy (non-hydrogen) atoms. The third-order valence-electron chi connectivity index (χ3n) is 5.21. The summed E-state index contributed by atoms with van der Waals surface area (Å²) < 4.78 is 32.2. The molecule has 0 saturated carbocycles. The predicted octanol–water partition coefficient (Wildman–Crippen LogP) is 7.03. The zero-order valence-corrected chi connectivity index (χ0v) is 23.8. The van der Waals surface area contributed by atoms with Gasteiger partial charge in [0.25, 0.3) is 0 Å². The van der Waals surface area contributed by atoms with Gasteiger partial charge in [0, 0.05) is 31.1 Å². The van der Waals surface area contributed by atoms with E-state index in [9.17, 15) is 0 Å². The molecule has 0 heterocycles. The fourth-order valence-electron chi connectivity index (χ4n) is 3.89. The quantitative estimate of drug-likeness (QED) is 0.210. The summed E-state index contributed by atoms with van der Waals surface area (Å²) in [6.45, 7) is 20.9. The summed E-state index contributed by atoms with van der Waals surface area (Å²) in [6, 6.07) is 6.09. The average molecular weight is 483 g/mol. The number of hydrogen-bond donors (Lipinski definition) is 0. The Hall–Kier alpha value is -1.08. The van der Waals surface area contributed by atoms with Gasteiger partial charge in [0.1, 0.15) is 22.7 Å². The molecular formula is C27H50O5Si. The lowest BCUT2D eigenvalue weighted by Crippen LogP contribution is -2.57. The van der Waals surface area contributed by atoms with E-state index in [-0.39, 0.29) is 11.2 Å². The van der Waals surface area contributed by atoms with Crippen LogP contribution in [0.4, 0.5) is 0 Å². The van der Waals surface area contributed by atoms with Crippen LogP contribution in [-0.2, 0) is 13.3 Å². The topological polar surface area (TPSA) is 46.2 Å². The zero-order chi connectivity index (χ0) is 25.0. The summed E-state index contributed by atoms with van der Waals surface area (Å²) in [5, 5.41) is 0.907. The highest BCUT2D eigenvalue weighted by molar-refractivity contribution is 6.75. The van der Waals surface area contributed by atoms with E-state index in [4.69, 9.17) is 22.8 Å². The minimum absolute atomic E-state index is 0.285. The van der Waals surface area contributed by atoms with E-state index in [0.29, 0.717) is 19.8 Å². The first kappa shape index (κ1) is 29.9. The van der Waals surface area contributed by atoms with Crippen LogP contribution in [0, 0.1) is 0 Å². The van der Waals surface area contributed by atoms with Gasteiger partial charge in [0.05, 0.1) is 0 Å². The number of ether oxygens (including phenoxy) is 2. The molecule has 0 bridgehead atoms. The summed E-state index contributed by atoms with van der Waals surface area (Å²) in [7, 11) is -3.15. The second-order valence-electron chi connectivity index (χ2n) is 10.0. The molecule has 0 fully saturated rings. The maximum absolute atomic E-state index is 6.48. The predicted molar refractivity (Wildman–Crippen MR) is 140 cm³/mol. The Morgan fingerprint density at radius 3 is 1.24 bits per heavy atom. The Balaban J connectivity index is 3.57. The van der Waals surface area contributed by atoms with Crippen LogP contribution < -0.4 is 14.7 Å². The molecule has 0 radical (unpaired) electrons. The van der Waals surface area contributed by atoms with Crippen molar-refractivity contribution in [3.63, 3.8) is 0 Å². The van der Waals surface area contributed by atoms with E-state index in [2.05, 4.69) is 62.3 Å². The van der Waals surface area contributed by atoms with Crippen molar-refractivity contribution in [3.8, 4) is 11.5 Å². The Morgan fingerprint density at radius 1 is 0.576 bits per heavy atom. The monoisotopic (exact) mass is 482 g/mol. The van der Waals surface area contributed by atoms with Gasteiger partial charge in [0.15, 0.2) is 0 Å². The van der Waals surface area contributed by atoms with E-state index >= 15 is 0 Å². The molecule has 0 aliphatic carbocycles. The maximum atomic E-state index is 6.48. The standard InChI is InChI=1S/C27H50O5Si/c1-10-15-26(6,7)31-23-20-24(32-27(8,9)16-11-2)22-25(21-23)33(28-17-12-3,29-18-13-4)30-19-14-5/h20-22H,10-19H2,1-9H3. The van der Waals surface area contributed by atoms with Crippen molar-refractivity contribution in [1.29, 1.82) is 0 Å². The van der Waals surface area contributed by atoms with Gasteiger partial charge >= 0.3 is 8.80 Å². The third-order valence-corrected chi connectivity index (χ3v) is 7.96. The zero-order valence-electron chi connectivity index (χ0n) is 22.8. The smallest absolute Gasteiger partial charge is 0.488 e. The van der Waals surface area contributed by atoms with Gasteiger partial charge in [-0.25, -0.2) is 0 Å². The summed E-state index contributed by atoms with van der Waals surface area (Å²) in [6.07, 6.45) is 6.71. The Bertz CT molecular complexity index is 614. The largest absolute Gasteiger partial charge is 0.537 e. The van der Waals surface area contributed by atoms with Crippen molar-refractivity contribution < 1.29 is 22.8 Å². The van der Waals surface area contributed by atoms with Crippen molar-refractivity contribution in [3.05, 3.63) is 18.2 Å². The van der Waals surface area contributed by atoms with Crippen molar-refractivity contribution in [1.82, 2.24) is 0 Å². The van der Waals surface area contributed by atoms with E-state index in [1.165, 1.54) is 0 Å². The van der Waals surface area contributed by atoms with Gasteiger partial charge in [-0.1, -0.05) is 47.5 Å². The number of rotatable bonds is 18. The fourth-order valence-corrected chi connectivity index (χ4v) is 6.70. The normalized spacial score (nSPS) is 12.8. The molecule has 1 rings (SSSR count). The second kappa shape index (κ2) is 14.3. The van der Waals surface area contributed by atoms with Crippen LogP contribution in [0.3, 0.4) is 0 Å². The van der Waals surface area contributed by atoms with Crippen LogP contribution in [0.2, 0.25) is 0 Å². The highest BCUT2D eigenvalue weighted by atomic mass is 28.4. The first-order valence-corrected chi connectivity index (χ1v) is 14.7. The van der Waals surface area contributed by atoms with Gasteiger partial charge in [-0.2, -0.15) is 0 Å². The van der Waals surface area contributed by atoms with Gasteiger partial charge in [-0.15, -0.1) is 0 Å². The summed E-state index contributed by atoms with van der Waals surface area (Å²) in [5.74, 6) is 1.54. The van der Waals surface area contributed by atoms with Crippen molar-refractivity contribution in [2.24, 2.45) is 0 Å². The minimum Gasteiger partial charge on any atom is -0.488 e. The van der Waals surface area contributed by atoms with Crippen molar-refractivity contribution >= 4 is 14.0 Å². The maximum Gasteiger partial charge on any atom is 0.537 e. The molecule has 0 aliphatic rings. The molecule has 0 saturated heterocycles. The van der Waals surface area contributed by atoms with Crippen LogP contribution in [0.25, 0.3) is 0 Å². The molecular weight excluding hydrogens is 432 g/mol. The van der Waals surface area contributed by atoms with Gasteiger partial charge in [-0.3, -0.25) is 0 Å². The lowest BCUT2D eigenvalue weighted by molar-refractivity contribution is 0.0716. The van der Waals surface area contributed by atoms with Gasteiger partial charge in [-0.05, 0) is 71.9 Å². The van der Waals surface area contributed by atoms with Gasteiger partial charge in [0.2, 0.25) is 0 Å². The van der Waals surface area contributed by atoms with E-state index in [1.807, 2.05) is 18.2 Å². The first-order chi connectivity index (χ1) is 15.6. The second-order valence-corrected chi connectivity index (χ2v) is 12.6. The molecule has 0 atom stereocenters. The SMILES string of the molecule is CCCO[Si](OCCC)(OCCC)c1cc(OC(C)(C)CCC)cc(OC(C)(C)CCC)c1. The fraction of sp³-hybridized carbons (Fsp3) is 0.778. The number of hydrogen-bond acceptors (Lipinski definition) is 5. The average Bonchev–Trinajstić information content (AvgIpc) is 2.72. The summed E-state index contributed by atoms with van der Waals surface area (Å²) in [4.78, 5) is 0. The third kappa shape index (κ3) is 10.4. The van der Waals surface area contributed by atoms with Crippen LogP contribution in [0.15, 0.2) is 18.2 Å². The molecule has 6 heteroatoms. The lowest BCUT2D eigenvalue weighted by Gasteiger charge is -2.33. The van der Waals surface area contributed by atoms with Crippen LogP contribution in [-0.4, -0.2) is 39.8 Å². The molecule has 0 aromatic heterocycles. The molecule has 0 unspecified atom stereocenters. The van der Waals surface area contributed by atoms with Crippen molar-refractivity contribution in [2.75, 3.05) is 19.8 Å². The lowest BCUT2D eigenvalue weighted by atomic mass is 10.0. The van der Waals surface area contributed by atoms with E-state index < -0.39 is 8.80 Å². The molecule has 1 aromatic rings. The summed E-state index contributed by atoms with van der Waals surface area (Å²) in [5.41, 5.74) is -0.570. The summed E-state index contributed by atoms with van der Waals surface area (Å²) >= 11 is 0. The molecule has 0 spiro atoms. The molecule has 0 amide bonds. The van der Waals surface area contributed by atoms with E-state index in [0.717, 1.165) is 61.6 Å². The molecule has 0 aliphatic heterocycles. The van der Waals surface area contributed by atoms with Crippen LogP contribution in [0.5, 0.6) is 11.5 Å². The minimum atomic E-state index is -3.15. The van der Waals surface area contributed by atoms with E-state index in [1.54, 1.807) is 0 Å². The molecule has 192 valence electrons. The molecule has 0 N–H and O–H groups in total. The van der Waals surface area contributed by atoms with Crippen LogP contribution in [0.1, 0.15) is 107 Å². The number of benzene rings is 1. The Labute approximate surface area is 204 Å². The first-order valence-electron chi connectivity index (χ1n) is 13.0. The highest BCUT2D eigenvalue weighted by Crippen LogP contribution is 2.30. The molecule has 1 aromatic carbocycles. The molecule has 5 nitrogen and oxygen atoms in total.